The number of nitrogens with zero attached hydrogens (tertiary/aromatic N) is 5. The number of benzene rings is 2. The van der Waals surface area contributed by atoms with Crippen LogP contribution in [0.2, 0.25) is 0 Å². The molecule has 4 aromatic rings. The first-order chi connectivity index (χ1) is 25.2. The number of aliphatic imine (C=N–C) groups is 1. The number of hydrogen-bond donors (Lipinski definition) is 2. The van der Waals surface area contributed by atoms with Gasteiger partial charge in [-0.05, 0) is 73.9 Å². The zero-order chi connectivity index (χ0) is 36.9. The summed E-state index contributed by atoms with van der Waals surface area (Å²) in [6.07, 6.45) is 7.32. The molecule has 2 amide bonds. The van der Waals surface area contributed by atoms with Gasteiger partial charge in [0.1, 0.15) is 17.5 Å². The third-order valence-corrected chi connectivity index (χ3v) is 8.86. The van der Waals surface area contributed by atoms with Crippen molar-refractivity contribution in [2.45, 2.75) is 64.8 Å². The van der Waals surface area contributed by atoms with Gasteiger partial charge < -0.3 is 29.8 Å². The van der Waals surface area contributed by atoms with Crippen LogP contribution >= 0.6 is 0 Å². The van der Waals surface area contributed by atoms with Crippen molar-refractivity contribution in [3.05, 3.63) is 83.8 Å². The highest BCUT2D eigenvalue weighted by atomic mass is 16.7. The van der Waals surface area contributed by atoms with Crippen LogP contribution in [0.3, 0.4) is 0 Å². The van der Waals surface area contributed by atoms with Gasteiger partial charge in [-0.25, -0.2) is 14.8 Å². The first-order valence-corrected chi connectivity index (χ1v) is 17.6. The molecule has 0 unspecified atom stereocenters. The molecule has 2 heterocycles. The maximum Gasteiger partial charge on any atom is 0.435 e. The van der Waals surface area contributed by atoms with Crippen molar-refractivity contribution in [2.75, 3.05) is 30.2 Å². The van der Waals surface area contributed by atoms with E-state index in [1.165, 1.54) is 4.90 Å². The lowest BCUT2D eigenvalue weighted by molar-refractivity contribution is -0.171. The average Bonchev–Trinajstić information content (AvgIpc) is 3.44. The standard InChI is InChI=1S/C38H45N7O7/c1-3-4-5-8-22-50-38(49)43-35(39)26-13-16-29(17-14-26)41-24-33-42-30-23-28(15-18-31(30)44(33)2)36(47)45(32-12-6-7-20-40-32)21-19-34(46)51-25-52-37(48)27-10-9-11-27/h6-7,12-18,20,23,27,41H,3-5,8-11,19,21-22,24-25H2,1-2H3,(H2,39,43,49). The summed E-state index contributed by atoms with van der Waals surface area (Å²) in [6.45, 7) is 2.38. The number of hydrogen-bond acceptors (Lipinski definition) is 10. The van der Waals surface area contributed by atoms with Gasteiger partial charge in [0.2, 0.25) is 6.79 Å². The summed E-state index contributed by atoms with van der Waals surface area (Å²) in [7, 11) is 1.90. The minimum atomic E-state index is -0.702. The number of amidine groups is 1. The third kappa shape index (κ3) is 10.1. The van der Waals surface area contributed by atoms with Crippen LogP contribution in [0.25, 0.3) is 11.0 Å². The molecular weight excluding hydrogens is 666 g/mol. The molecule has 5 rings (SSSR count). The number of aromatic nitrogens is 3. The fourth-order valence-corrected chi connectivity index (χ4v) is 5.54. The first-order valence-electron chi connectivity index (χ1n) is 17.6. The predicted molar refractivity (Wildman–Crippen MR) is 196 cm³/mol. The number of nitrogens with one attached hydrogen (secondary N) is 1. The Hall–Kier alpha value is -5.79. The number of ether oxygens (including phenoxy) is 3. The Morgan fingerprint density at radius 2 is 1.77 bits per heavy atom. The van der Waals surface area contributed by atoms with Gasteiger partial charge in [0, 0.05) is 36.6 Å². The second-order valence-corrected chi connectivity index (χ2v) is 12.5. The summed E-state index contributed by atoms with van der Waals surface area (Å²) in [5, 5.41) is 3.34. The van der Waals surface area contributed by atoms with E-state index < -0.39 is 18.9 Å². The largest absolute Gasteiger partial charge is 0.448 e. The van der Waals surface area contributed by atoms with Crippen LogP contribution in [-0.4, -0.2) is 64.3 Å². The molecule has 0 atom stereocenters. The van der Waals surface area contributed by atoms with Crippen LogP contribution in [0, 0.1) is 5.92 Å². The molecule has 0 radical (unpaired) electrons. The molecule has 0 spiro atoms. The summed E-state index contributed by atoms with van der Waals surface area (Å²) in [4.78, 5) is 64.6. The second-order valence-electron chi connectivity index (χ2n) is 12.5. The van der Waals surface area contributed by atoms with E-state index in [4.69, 9.17) is 24.9 Å². The Kier molecular flexibility index (Phi) is 13.3. The summed E-state index contributed by atoms with van der Waals surface area (Å²) < 4.78 is 17.2. The molecule has 1 fully saturated rings. The molecule has 52 heavy (non-hydrogen) atoms. The van der Waals surface area contributed by atoms with E-state index in [0.717, 1.165) is 62.0 Å². The Bertz CT molecular complexity index is 1870. The van der Waals surface area contributed by atoms with E-state index >= 15 is 0 Å². The van der Waals surface area contributed by atoms with E-state index in [0.29, 0.717) is 35.6 Å². The fraction of sp³-hybridized carbons (Fsp3) is 0.395. The highest BCUT2D eigenvalue weighted by molar-refractivity contribution is 6.07. The molecule has 0 bridgehead atoms. The molecule has 0 aliphatic heterocycles. The van der Waals surface area contributed by atoms with Crippen molar-refractivity contribution in [3.63, 3.8) is 0 Å². The number of amides is 2. The quantitative estimate of drug-likeness (QED) is 0.0439. The van der Waals surface area contributed by atoms with Crippen molar-refractivity contribution in [3.8, 4) is 0 Å². The van der Waals surface area contributed by atoms with Crippen LogP contribution in [0.5, 0.6) is 0 Å². The molecule has 1 saturated carbocycles. The molecule has 1 aliphatic rings. The lowest BCUT2D eigenvalue weighted by atomic mass is 9.86. The SMILES string of the molecule is CCCCCCOC(=O)/N=C(/N)c1ccc(NCc2nc3cc(C(=O)N(CCC(=O)OCOC(=O)C4CCC4)c4ccccn4)ccc3n2C)cc1. The molecule has 2 aromatic heterocycles. The number of carbonyl (C=O) groups excluding carboxylic acids is 4. The third-order valence-electron chi connectivity index (χ3n) is 8.86. The van der Waals surface area contributed by atoms with Crippen molar-refractivity contribution in [2.24, 2.45) is 23.7 Å². The topological polar surface area (TPSA) is 180 Å². The first kappa shape index (κ1) is 37.5. The van der Waals surface area contributed by atoms with Crippen LogP contribution in [0.4, 0.5) is 16.3 Å². The van der Waals surface area contributed by atoms with Crippen LogP contribution in [0.1, 0.15) is 80.0 Å². The summed E-state index contributed by atoms with van der Waals surface area (Å²) in [5.41, 5.74) is 9.25. The van der Waals surface area contributed by atoms with Gasteiger partial charge in [0.05, 0.1) is 36.5 Å². The van der Waals surface area contributed by atoms with Crippen LogP contribution in [-0.2, 0) is 37.4 Å². The fourth-order valence-electron chi connectivity index (χ4n) is 5.54. The number of aryl methyl sites for hydroxylation is 1. The summed E-state index contributed by atoms with van der Waals surface area (Å²) in [5.74, 6) is -0.260. The lowest BCUT2D eigenvalue weighted by Crippen LogP contribution is -2.34. The van der Waals surface area contributed by atoms with Crippen LogP contribution < -0.4 is 16.0 Å². The predicted octanol–water partition coefficient (Wildman–Crippen LogP) is 5.88. The maximum atomic E-state index is 13.8. The molecule has 14 heteroatoms. The lowest BCUT2D eigenvalue weighted by Gasteiger charge is -2.23. The zero-order valence-electron chi connectivity index (χ0n) is 29.6. The van der Waals surface area contributed by atoms with Crippen molar-refractivity contribution >= 4 is 52.3 Å². The number of pyridine rings is 1. The Labute approximate surface area is 302 Å². The molecule has 14 nitrogen and oxygen atoms in total. The van der Waals surface area contributed by atoms with E-state index in [2.05, 4.69) is 22.2 Å². The van der Waals surface area contributed by atoms with E-state index in [-0.39, 0.29) is 36.6 Å². The highest BCUT2D eigenvalue weighted by Crippen LogP contribution is 2.27. The normalized spacial score (nSPS) is 12.9. The van der Waals surface area contributed by atoms with Crippen LogP contribution in [0.15, 0.2) is 71.9 Å². The molecular formula is C38H45N7O7. The Balaban J connectivity index is 1.18. The minimum Gasteiger partial charge on any atom is -0.448 e. The van der Waals surface area contributed by atoms with E-state index in [1.54, 1.807) is 48.7 Å². The Morgan fingerprint density at radius 3 is 2.48 bits per heavy atom. The highest BCUT2D eigenvalue weighted by Gasteiger charge is 2.27. The van der Waals surface area contributed by atoms with Gasteiger partial charge in [-0.3, -0.25) is 19.3 Å². The molecule has 274 valence electrons. The van der Waals surface area contributed by atoms with Gasteiger partial charge in [0.25, 0.3) is 5.91 Å². The molecule has 2 aromatic carbocycles. The molecule has 3 N–H and O–H groups in total. The molecule has 1 aliphatic carbocycles. The maximum absolute atomic E-state index is 13.8. The van der Waals surface area contributed by atoms with Crippen molar-refractivity contribution < 1.29 is 33.4 Å². The van der Waals surface area contributed by atoms with Gasteiger partial charge in [-0.15, -0.1) is 0 Å². The van der Waals surface area contributed by atoms with Crippen molar-refractivity contribution in [1.29, 1.82) is 0 Å². The van der Waals surface area contributed by atoms with Gasteiger partial charge in [-0.2, -0.15) is 4.99 Å². The minimum absolute atomic E-state index is 0.000179. The second kappa shape index (κ2) is 18.4. The number of imidazole rings is 1. The monoisotopic (exact) mass is 711 g/mol. The average molecular weight is 712 g/mol. The van der Waals surface area contributed by atoms with Crippen molar-refractivity contribution in [1.82, 2.24) is 14.5 Å². The smallest absolute Gasteiger partial charge is 0.435 e. The summed E-state index contributed by atoms with van der Waals surface area (Å²) in [6, 6.07) is 17.6. The number of esters is 2. The number of carbonyl (C=O) groups is 4. The van der Waals surface area contributed by atoms with E-state index in [9.17, 15) is 19.2 Å². The Morgan fingerprint density at radius 1 is 0.981 bits per heavy atom. The number of rotatable bonds is 17. The zero-order valence-corrected chi connectivity index (χ0v) is 29.6. The number of unbranched alkanes of at least 4 members (excludes halogenated alkanes) is 3. The number of anilines is 2. The van der Waals surface area contributed by atoms with Gasteiger partial charge in [0.15, 0.2) is 0 Å². The van der Waals surface area contributed by atoms with Gasteiger partial charge in [-0.1, -0.05) is 38.7 Å². The van der Waals surface area contributed by atoms with E-state index in [1.807, 2.05) is 29.8 Å². The number of nitrogens with two attached hydrogens (primary N) is 1. The molecule has 0 saturated heterocycles. The number of fused-ring (bicyclic) bond motifs is 1. The summed E-state index contributed by atoms with van der Waals surface area (Å²) >= 11 is 0. The van der Waals surface area contributed by atoms with Gasteiger partial charge >= 0.3 is 18.0 Å².